The van der Waals surface area contributed by atoms with Gasteiger partial charge in [-0.15, -0.1) is 0 Å². The Morgan fingerprint density at radius 2 is 2.30 bits per heavy atom. The summed E-state index contributed by atoms with van der Waals surface area (Å²) >= 11 is 0. The van der Waals surface area contributed by atoms with Crippen LogP contribution < -0.4 is 4.74 Å². The number of hydrogen-bond donors (Lipinski definition) is 1. The third kappa shape index (κ3) is 3.19. The van der Waals surface area contributed by atoms with Crippen molar-refractivity contribution in [2.75, 3.05) is 7.05 Å². The van der Waals surface area contributed by atoms with Crippen LogP contribution in [0.1, 0.15) is 23.3 Å². The van der Waals surface area contributed by atoms with Gasteiger partial charge in [-0.25, -0.2) is 4.98 Å². The SMILES string of the molecule is CN(C(=O)c1cn(C)cn1)[C@@H]1CC[C@@H](Oc2cccnc2)[C@@H]1O. The highest BCUT2D eigenvalue weighted by atomic mass is 16.5. The second-order valence-electron chi connectivity index (χ2n) is 5.82. The number of rotatable bonds is 4. The van der Waals surface area contributed by atoms with E-state index < -0.39 is 6.10 Å². The summed E-state index contributed by atoms with van der Waals surface area (Å²) in [4.78, 5) is 22.1. The van der Waals surface area contributed by atoms with Gasteiger partial charge in [-0.3, -0.25) is 9.78 Å². The third-order valence-corrected chi connectivity index (χ3v) is 4.19. The molecule has 1 saturated carbocycles. The maximum absolute atomic E-state index is 12.4. The van der Waals surface area contributed by atoms with Gasteiger partial charge in [0, 0.05) is 26.5 Å². The van der Waals surface area contributed by atoms with Gasteiger partial charge in [0.1, 0.15) is 23.7 Å². The number of pyridine rings is 1. The van der Waals surface area contributed by atoms with Crippen LogP contribution >= 0.6 is 0 Å². The molecule has 0 aromatic carbocycles. The van der Waals surface area contributed by atoms with Gasteiger partial charge in [-0.05, 0) is 25.0 Å². The molecule has 3 atom stereocenters. The van der Waals surface area contributed by atoms with Crippen molar-refractivity contribution in [3.8, 4) is 5.75 Å². The van der Waals surface area contributed by atoms with Crippen LogP contribution in [0.15, 0.2) is 37.1 Å². The van der Waals surface area contributed by atoms with Crippen molar-refractivity contribution in [1.29, 1.82) is 0 Å². The van der Waals surface area contributed by atoms with Crippen LogP contribution in [0.25, 0.3) is 0 Å². The Balaban J connectivity index is 1.66. The zero-order valence-electron chi connectivity index (χ0n) is 13.2. The van der Waals surface area contributed by atoms with Gasteiger partial charge in [0.05, 0.1) is 18.6 Å². The summed E-state index contributed by atoms with van der Waals surface area (Å²) in [5, 5.41) is 10.5. The molecule has 1 amide bonds. The number of aromatic nitrogens is 3. The van der Waals surface area contributed by atoms with Crippen molar-refractivity contribution in [3.63, 3.8) is 0 Å². The highest BCUT2D eigenvalue weighted by Crippen LogP contribution is 2.28. The Morgan fingerprint density at radius 1 is 1.48 bits per heavy atom. The molecule has 0 spiro atoms. The predicted molar refractivity (Wildman–Crippen MR) is 83.0 cm³/mol. The molecule has 2 aromatic heterocycles. The van der Waals surface area contributed by atoms with Gasteiger partial charge < -0.3 is 19.3 Å². The first-order valence-corrected chi connectivity index (χ1v) is 7.56. The fourth-order valence-corrected chi connectivity index (χ4v) is 2.92. The maximum Gasteiger partial charge on any atom is 0.274 e. The predicted octanol–water partition coefficient (Wildman–Crippen LogP) is 0.858. The Hall–Kier alpha value is -2.41. The molecule has 2 aromatic rings. The van der Waals surface area contributed by atoms with Crippen molar-refractivity contribution in [2.45, 2.75) is 31.1 Å². The van der Waals surface area contributed by atoms with E-state index in [1.807, 2.05) is 7.05 Å². The van der Waals surface area contributed by atoms with E-state index in [1.165, 1.54) is 0 Å². The molecular weight excluding hydrogens is 296 g/mol. The lowest BCUT2D eigenvalue weighted by atomic mass is 10.1. The molecule has 7 heteroatoms. The van der Waals surface area contributed by atoms with Gasteiger partial charge in [0.15, 0.2) is 0 Å². The van der Waals surface area contributed by atoms with Gasteiger partial charge in [0.2, 0.25) is 0 Å². The monoisotopic (exact) mass is 316 g/mol. The lowest BCUT2D eigenvalue weighted by Gasteiger charge is -2.28. The van der Waals surface area contributed by atoms with Crippen LogP contribution in [0.3, 0.4) is 0 Å². The molecular formula is C16H20N4O3. The molecule has 0 aliphatic heterocycles. The number of ether oxygens (including phenoxy) is 1. The number of hydrogen-bond acceptors (Lipinski definition) is 5. The van der Waals surface area contributed by atoms with Crippen molar-refractivity contribution >= 4 is 5.91 Å². The average molecular weight is 316 g/mol. The van der Waals surface area contributed by atoms with E-state index in [0.29, 0.717) is 24.3 Å². The van der Waals surface area contributed by atoms with Crippen molar-refractivity contribution in [3.05, 3.63) is 42.7 Å². The maximum atomic E-state index is 12.4. The molecule has 0 unspecified atom stereocenters. The van der Waals surface area contributed by atoms with E-state index in [1.54, 1.807) is 53.6 Å². The minimum atomic E-state index is -0.743. The van der Waals surface area contributed by atoms with Crippen LogP contribution in [0, 0.1) is 0 Å². The molecule has 0 radical (unpaired) electrons. The van der Waals surface area contributed by atoms with Crippen molar-refractivity contribution in [2.24, 2.45) is 7.05 Å². The first kappa shape index (κ1) is 15.5. The van der Waals surface area contributed by atoms with Crippen molar-refractivity contribution < 1.29 is 14.6 Å². The zero-order chi connectivity index (χ0) is 16.4. The number of carbonyl (C=O) groups excluding carboxylic acids is 1. The van der Waals surface area contributed by atoms with Gasteiger partial charge in [0.25, 0.3) is 5.91 Å². The summed E-state index contributed by atoms with van der Waals surface area (Å²) in [6.07, 6.45) is 6.81. The van der Waals surface area contributed by atoms with E-state index in [4.69, 9.17) is 4.74 Å². The number of nitrogens with zero attached hydrogens (tertiary/aromatic N) is 4. The minimum Gasteiger partial charge on any atom is -0.486 e. The van der Waals surface area contributed by atoms with Gasteiger partial charge in [-0.1, -0.05) is 0 Å². The van der Waals surface area contributed by atoms with Crippen LogP contribution in [-0.2, 0) is 7.05 Å². The number of imidazole rings is 1. The topological polar surface area (TPSA) is 80.5 Å². The molecule has 0 saturated heterocycles. The van der Waals surface area contributed by atoms with E-state index in [2.05, 4.69) is 9.97 Å². The lowest BCUT2D eigenvalue weighted by Crippen LogP contribution is -2.45. The van der Waals surface area contributed by atoms with Crippen molar-refractivity contribution in [1.82, 2.24) is 19.4 Å². The van der Waals surface area contributed by atoms with Crippen LogP contribution in [0.4, 0.5) is 0 Å². The molecule has 23 heavy (non-hydrogen) atoms. The molecule has 1 aliphatic rings. The summed E-state index contributed by atoms with van der Waals surface area (Å²) in [6.45, 7) is 0. The molecule has 2 heterocycles. The van der Waals surface area contributed by atoms with Crippen LogP contribution in [-0.4, -0.2) is 55.7 Å². The normalized spacial score (nSPS) is 23.7. The summed E-state index contributed by atoms with van der Waals surface area (Å²) in [5.74, 6) is 0.424. The summed E-state index contributed by atoms with van der Waals surface area (Å²) in [7, 11) is 3.50. The van der Waals surface area contributed by atoms with E-state index in [-0.39, 0.29) is 18.1 Å². The molecule has 1 aliphatic carbocycles. The Labute approximate surface area is 134 Å². The highest BCUT2D eigenvalue weighted by Gasteiger charge is 2.40. The van der Waals surface area contributed by atoms with E-state index >= 15 is 0 Å². The Kier molecular flexibility index (Phi) is 4.29. The largest absolute Gasteiger partial charge is 0.486 e. The number of aliphatic hydroxyl groups is 1. The molecule has 1 N–H and O–H groups in total. The molecule has 122 valence electrons. The number of amides is 1. The molecule has 0 bridgehead atoms. The number of aryl methyl sites for hydroxylation is 1. The summed E-state index contributed by atoms with van der Waals surface area (Å²) < 4.78 is 7.51. The quantitative estimate of drug-likeness (QED) is 0.905. The molecule has 1 fully saturated rings. The fraction of sp³-hybridized carbons (Fsp3) is 0.438. The average Bonchev–Trinajstić information content (AvgIpc) is 3.14. The second-order valence-corrected chi connectivity index (χ2v) is 5.82. The Bertz CT molecular complexity index is 673. The number of carbonyl (C=O) groups is 1. The zero-order valence-corrected chi connectivity index (χ0v) is 13.2. The first-order chi connectivity index (χ1) is 11.1. The fourth-order valence-electron chi connectivity index (χ4n) is 2.92. The smallest absolute Gasteiger partial charge is 0.274 e. The summed E-state index contributed by atoms with van der Waals surface area (Å²) in [6, 6.07) is 3.30. The third-order valence-electron chi connectivity index (χ3n) is 4.19. The van der Waals surface area contributed by atoms with E-state index in [9.17, 15) is 9.90 Å². The van der Waals surface area contributed by atoms with Gasteiger partial charge in [-0.2, -0.15) is 0 Å². The summed E-state index contributed by atoms with van der Waals surface area (Å²) in [5.41, 5.74) is 0.374. The standard InChI is InChI=1S/C16H20N4O3/c1-19-9-12(18-10-19)16(22)20(2)13-5-6-14(15(13)21)23-11-4-3-7-17-8-11/h3-4,7-10,13-15,21H,5-6H2,1-2H3/t13-,14-,15-/m1/s1. The molecule has 7 nitrogen and oxygen atoms in total. The van der Waals surface area contributed by atoms with Crippen LogP contribution in [0.5, 0.6) is 5.75 Å². The second kappa shape index (κ2) is 6.37. The van der Waals surface area contributed by atoms with Gasteiger partial charge >= 0.3 is 0 Å². The Morgan fingerprint density at radius 3 is 2.96 bits per heavy atom. The van der Waals surface area contributed by atoms with E-state index in [0.717, 1.165) is 0 Å². The molecule has 3 rings (SSSR count). The lowest BCUT2D eigenvalue weighted by molar-refractivity contribution is 0.0163. The van der Waals surface area contributed by atoms with Crippen LogP contribution in [0.2, 0.25) is 0 Å². The number of likely N-dealkylation sites (N-methyl/N-ethyl adjacent to an activating group) is 1. The number of aliphatic hydroxyl groups excluding tert-OH is 1. The first-order valence-electron chi connectivity index (χ1n) is 7.56. The minimum absolute atomic E-state index is 0.198. The highest BCUT2D eigenvalue weighted by molar-refractivity contribution is 5.92.